The van der Waals surface area contributed by atoms with Crippen LogP contribution in [0.25, 0.3) is 0 Å². The van der Waals surface area contributed by atoms with E-state index < -0.39 is 0 Å². The summed E-state index contributed by atoms with van der Waals surface area (Å²) in [5, 5.41) is 3.21. The fraction of sp³-hybridized carbons (Fsp3) is 0.444. The van der Waals surface area contributed by atoms with Gasteiger partial charge in [0.1, 0.15) is 6.04 Å². The summed E-state index contributed by atoms with van der Waals surface area (Å²) in [5.41, 5.74) is 2.86. The van der Waals surface area contributed by atoms with Gasteiger partial charge in [0.05, 0.1) is 16.1 Å². The van der Waals surface area contributed by atoms with Crippen LogP contribution < -0.4 is 5.32 Å². The summed E-state index contributed by atoms with van der Waals surface area (Å²) in [4.78, 5) is 5.30. The molecule has 0 fully saturated rings. The van der Waals surface area contributed by atoms with Crippen LogP contribution in [0.3, 0.4) is 0 Å². The van der Waals surface area contributed by atoms with Crippen molar-refractivity contribution in [3.05, 3.63) is 16.1 Å². The van der Waals surface area contributed by atoms with Gasteiger partial charge in [0.15, 0.2) is 0 Å². The van der Waals surface area contributed by atoms with Gasteiger partial charge in [-0.3, -0.25) is 5.32 Å². The largest absolute Gasteiger partial charge is 0.300 e. The van der Waals surface area contributed by atoms with Crippen molar-refractivity contribution in [3.8, 4) is 12.3 Å². The van der Waals surface area contributed by atoms with E-state index in [2.05, 4.69) is 16.2 Å². The van der Waals surface area contributed by atoms with Crippen LogP contribution in [0.4, 0.5) is 0 Å². The molecule has 3 heteroatoms. The molecule has 1 aromatic heterocycles. The lowest BCUT2D eigenvalue weighted by atomic mass is 10.2. The molecule has 12 heavy (non-hydrogen) atoms. The van der Waals surface area contributed by atoms with Gasteiger partial charge in [-0.1, -0.05) is 12.8 Å². The molecule has 1 heterocycles. The van der Waals surface area contributed by atoms with Crippen molar-refractivity contribution in [1.29, 1.82) is 0 Å². The predicted octanol–water partition coefficient (Wildman–Crippen LogP) is 1.74. The lowest BCUT2D eigenvalue weighted by molar-refractivity contribution is 0.670. The minimum absolute atomic E-state index is 0.0301. The van der Waals surface area contributed by atoms with Gasteiger partial charge in [0.25, 0.3) is 0 Å². The first-order chi connectivity index (χ1) is 5.79. The summed E-state index contributed by atoms with van der Waals surface area (Å²) in [5.74, 6) is 2.71. The first-order valence-corrected chi connectivity index (χ1v) is 4.77. The molecule has 1 atom stereocenters. The highest BCUT2D eigenvalue weighted by Gasteiger charge is 2.11. The molecule has 64 valence electrons. The highest BCUT2D eigenvalue weighted by atomic mass is 32.1. The van der Waals surface area contributed by atoms with Crippen molar-refractivity contribution >= 4 is 11.3 Å². The summed E-state index contributed by atoms with van der Waals surface area (Å²) in [7, 11) is 0. The van der Waals surface area contributed by atoms with E-state index in [0.29, 0.717) is 0 Å². The maximum absolute atomic E-state index is 5.39. The molecular formula is C9H12N2S. The summed E-state index contributed by atoms with van der Waals surface area (Å²) >= 11 is 1.61. The van der Waals surface area contributed by atoms with Gasteiger partial charge in [0.2, 0.25) is 0 Å². The maximum atomic E-state index is 5.39. The number of hydrogen-bond donors (Lipinski definition) is 1. The number of terminal acetylenes is 1. The second-order valence-electron chi connectivity index (χ2n) is 2.46. The van der Waals surface area contributed by atoms with E-state index in [1.165, 1.54) is 0 Å². The van der Waals surface area contributed by atoms with E-state index in [0.717, 1.165) is 17.1 Å². The predicted molar refractivity (Wildman–Crippen MR) is 52.1 cm³/mol. The number of aryl methyl sites for hydroxylation is 1. The van der Waals surface area contributed by atoms with Gasteiger partial charge in [-0.25, -0.2) is 4.98 Å². The number of nitrogens with zero attached hydrogens (tertiary/aromatic N) is 1. The van der Waals surface area contributed by atoms with Crippen molar-refractivity contribution in [3.63, 3.8) is 0 Å². The van der Waals surface area contributed by atoms with Crippen molar-refractivity contribution in [1.82, 2.24) is 10.3 Å². The van der Waals surface area contributed by atoms with E-state index >= 15 is 0 Å². The molecule has 1 unspecified atom stereocenters. The van der Waals surface area contributed by atoms with E-state index in [9.17, 15) is 0 Å². The second-order valence-corrected chi connectivity index (χ2v) is 3.35. The molecule has 0 amide bonds. The van der Waals surface area contributed by atoms with E-state index in [1.807, 2.05) is 19.4 Å². The zero-order valence-electron chi connectivity index (χ0n) is 7.29. The van der Waals surface area contributed by atoms with Crippen LogP contribution in [-0.4, -0.2) is 11.5 Å². The number of aromatic nitrogens is 1. The number of hydrogen-bond acceptors (Lipinski definition) is 3. The fourth-order valence-corrected chi connectivity index (χ4v) is 1.85. The molecular weight excluding hydrogens is 168 g/mol. The Morgan fingerprint density at radius 1 is 1.83 bits per heavy atom. The zero-order chi connectivity index (χ0) is 8.97. The topological polar surface area (TPSA) is 24.9 Å². The van der Waals surface area contributed by atoms with E-state index in [4.69, 9.17) is 6.42 Å². The Labute approximate surface area is 77.0 Å². The highest BCUT2D eigenvalue weighted by molar-refractivity contribution is 7.09. The minimum atomic E-state index is 0.0301. The Hall–Kier alpha value is -0.850. The molecule has 0 bridgehead atoms. The van der Waals surface area contributed by atoms with Gasteiger partial charge in [-0.15, -0.1) is 17.8 Å². The van der Waals surface area contributed by atoms with E-state index in [1.54, 1.807) is 11.3 Å². The van der Waals surface area contributed by atoms with Crippen LogP contribution in [0, 0.1) is 19.3 Å². The SMILES string of the molecule is C#CC(NCC)c1scnc1C. The van der Waals surface area contributed by atoms with Crippen LogP contribution in [0.2, 0.25) is 0 Å². The van der Waals surface area contributed by atoms with Crippen molar-refractivity contribution in [2.75, 3.05) is 6.54 Å². The third kappa shape index (κ3) is 1.84. The Morgan fingerprint density at radius 2 is 2.58 bits per heavy atom. The van der Waals surface area contributed by atoms with Crippen LogP contribution in [0.1, 0.15) is 23.5 Å². The second kappa shape index (κ2) is 4.24. The lowest BCUT2D eigenvalue weighted by Gasteiger charge is -2.08. The zero-order valence-corrected chi connectivity index (χ0v) is 8.11. The van der Waals surface area contributed by atoms with E-state index in [-0.39, 0.29) is 6.04 Å². The molecule has 0 aromatic carbocycles. The standard InChI is InChI=1S/C9H12N2S/c1-4-8(10-5-2)9-7(3)11-6-12-9/h1,6,8,10H,5H2,2-3H3. The smallest absolute Gasteiger partial charge is 0.105 e. The minimum Gasteiger partial charge on any atom is -0.300 e. The Morgan fingerprint density at radius 3 is 3.00 bits per heavy atom. The van der Waals surface area contributed by atoms with Gasteiger partial charge in [-0.2, -0.15) is 0 Å². The number of nitrogens with one attached hydrogen (secondary N) is 1. The molecule has 0 aliphatic carbocycles. The summed E-state index contributed by atoms with van der Waals surface area (Å²) in [6, 6.07) is 0.0301. The van der Waals surface area contributed by atoms with Crippen LogP contribution in [0.5, 0.6) is 0 Å². The highest BCUT2D eigenvalue weighted by Crippen LogP contribution is 2.20. The van der Waals surface area contributed by atoms with Crippen LogP contribution >= 0.6 is 11.3 Å². The molecule has 1 aromatic rings. The third-order valence-corrected chi connectivity index (χ3v) is 2.62. The van der Waals surface area contributed by atoms with Gasteiger partial charge in [0, 0.05) is 0 Å². The van der Waals surface area contributed by atoms with Crippen molar-refractivity contribution in [2.45, 2.75) is 19.9 Å². The normalized spacial score (nSPS) is 12.4. The summed E-state index contributed by atoms with van der Waals surface area (Å²) in [6.07, 6.45) is 5.39. The molecule has 0 radical (unpaired) electrons. The molecule has 0 saturated heterocycles. The fourth-order valence-electron chi connectivity index (χ4n) is 1.02. The van der Waals surface area contributed by atoms with Gasteiger partial charge in [-0.05, 0) is 13.5 Å². The quantitative estimate of drug-likeness (QED) is 0.717. The van der Waals surface area contributed by atoms with Crippen LogP contribution in [0.15, 0.2) is 5.51 Å². The molecule has 2 nitrogen and oxygen atoms in total. The van der Waals surface area contributed by atoms with Gasteiger partial charge >= 0.3 is 0 Å². The average molecular weight is 180 g/mol. The molecule has 1 rings (SSSR count). The Balaban J connectivity index is 2.81. The summed E-state index contributed by atoms with van der Waals surface area (Å²) < 4.78 is 0. The lowest BCUT2D eigenvalue weighted by Crippen LogP contribution is -2.18. The number of rotatable bonds is 3. The van der Waals surface area contributed by atoms with Gasteiger partial charge < -0.3 is 0 Å². The average Bonchev–Trinajstić information content (AvgIpc) is 2.47. The molecule has 1 N–H and O–H groups in total. The Kier molecular flexibility index (Phi) is 3.27. The molecule has 0 saturated carbocycles. The molecule has 0 spiro atoms. The molecule has 0 aliphatic heterocycles. The monoisotopic (exact) mass is 180 g/mol. The maximum Gasteiger partial charge on any atom is 0.105 e. The number of thiazole rings is 1. The molecule has 0 aliphatic rings. The first-order valence-electron chi connectivity index (χ1n) is 3.89. The van der Waals surface area contributed by atoms with Crippen molar-refractivity contribution < 1.29 is 0 Å². The first kappa shape index (κ1) is 9.24. The van der Waals surface area contributed by atoms with Crippen molar-refractivity contribution in [2.24, 2.45) is 0 Å². The third-order valence-electron chi connectivity index (χ3n) is 1.62. The summed E-state index contributed by atoms with van der Waals surface area (Å²) in [6.45, 7) is 4.90. The Bertz CT molecular complexity index is 285. The van der Waals surface area contributed by atoms with Crippen LogP contribution in [-0.2, 0) is 0 Å².